The van der Waals surface area contributed by atoms with Crippen molar-refractivity contribution in [2.45, 2.75) is 6.54 Å². The lowest BCUT2D eigenvalue weighted by molar-refractivity contribution is 0.174. The van der Waals surface area contributed by atoms with Crippen LogP contribution in [0.2, 0.25) is 0 Å². The summed E-state index contributed by atoms with van der Waals surface area (Å²) < 4.78 is 23.5. The number of nitrogens with zero attached hydrogens (tertiary/aromatic N) is 1. The van der Waals surface area contributed by atoms with E-state index in [9.17, 15) is 4.39 Å². The monoisotopic (exact) mass is 299 g/mol. The molecule has 0 atom stereocenters. The van der Waals surface area contributed by atoms with Crippen LogP contribution in [0.25, 0.3) is 6.08 Å². The van der Waals surface area contributed by atoms with Gasteiger partial charge in [0.2, 0.25) is 6.79 Å². The van der Waals surface area contributed by atoms with Crippen LogP contribution in [0, 0.1) is 5.82 Å². The summed E-state index contributed by atoms with van der Waals surface area (Å²) in [6, 6.07) is 12.5. The van der Waals surface area contributed by atoms with E-state index >= 15 is 0 Å². The molecule has 0 saturated heterocycles. The van der Waals surface area contributed by atoms with E-state index in [-0.39, 0.29) is 5.82 Å². The summed E-state index contributed by atoms with van der Waals surface area (Å²) >= 11 is 0. The van der Waals surface area contributed by atoms with Gasteiger partial charge in [-0.25, -0.2) is 4.39 Å². The van der Waals surface area contributed by atoms with E-state index in [1.165, 1.54) is 17.7 Å². The highest BCUT2D eigenvalue weighted by molar-refractivity contribution is 5.49. The Balaban J connectivity index is 1.54. The van der Waals surface area contributed by atoms with Crippen LogP contribution in [0.3, 0.4) is 0 Å². The van der Waals surface area contributed by atoms with Gasteiger partial charge in [-0.3, -0.25) is 4.90 Å². The highest BCUT2D eigenvalue weighted by Crippen LogP contribution is 2.32. The summed E-state index contributed by atoms with van der Waals surface area (Å²) in [5, 5.41) is 0. The van der Waals surface area contributed by atoms with E-state index in [0.29, 0.717) is 6.79 Å². The zero-order chi connectivity index (χ0) is 15.4. The summed E-state index contributed by atoms with van der Waals surface area (Å²) in [7, 11) is 2.06. The Morgan fingerprint density at radius 2 is 1.86 bits per heavy atom. The summed E-state index contributed by atoms with van der Waals surface area (Å²) in [6.07, 6.45) is 4.07. The molecular weight excluding hydrogens is 281 g/mol. The minimum Gasteiger partial charge on any atom is -0.454 e. The van der Waals surface area contributed by atoms with E-state index in [2.05, 4.69) is 18.0 Å². The standard InChI is InChI=1S/C18H18FNO2/c1-20(10-2-3-14-4-7-16(19)8-5-14)12-15-6-9-17-18(11-15)22-13-21-17/h2-9,11H,10,12-13H2,1H3/b3-2+. The molecule has 2 aromatic carbocycles. The fraction of sp³-hybridized carbons (Fsp3) is 0.222. The molecule has 0 amide bonds. The predicted octanol–water partition coefficient (Wildman–Crippen LogP) is 3.70. The normalized spacial score (nSPS) is 13.2. The van der Waals surface area contributed by atoms with Gasteiger partial charge in [0.15, 0.2) is 11.5 Å². The summed E-state index contributed by atoms with van der Waals surface area (Å²) in [5.41, 5.74) is 2.18. The maximum absolute atomic E-state index is 12.8. The van der Waals surface area contributed by atoms with Crippen LogP contribution < -0.4 is 9.47 Å². The first-order chi connectivity index (χ1) is 10.7. The Morgan fingerprint density at radius 3 is 2.68 bits per heavy atom. The Morgan fingerprint density at radius 1 is 1.09 bits per heavy atom. The number of halogens is 1. The number of likely N-dealkylation sites (N-methyl/N-ethyl adjacent to an activating group) is 1. The van der Waals surface area contributed by atoms with E-state index in [1.54, 1.807) is 12.1 Å². The molecule has 0 saturated carbocycles. The van der Waals surface area contributed by atoms with Gasteiger partial charge in [-0.05, 0) is 42.4 Å². The molecule has 114 valence electrons. The summed E-state index contributed by atoms with van der Waals surface area (Å²) in [4.78, 5) is 2.19. The van der Waals surface area contributed by atoms with Crippen molar-refractivity contribution in [2.24, 2.45) is 0 Å². The molecule has 0 spiro atoms. The van der Waals surface area contributed by atoms with Gasteiger partial charge in [-0.2, -0.15) is 0 Å². The molecule has 22 heavy (non-hydrogen) atoms. The number of benzene rings is 2. The third-order valence-electron chi connectivity index (χ3n) is 3.49. The van der Waals surface area contributed by atoms with Crippen molar-refractivity contribution in [3.05, 3.63) is 65.5 Å². The third-order valence-corrected chi connectivity index (χ3v) is 3.49. The molecule has 0 aliphatic carbocycles. The van der Waals surface area contributed by atoms with Crippen molar-refractivity contribution >= 4 is 6.08 Å². The first-order valence-corrected chi connectivity index (χ1v) is 7.20. The van der Waals surface area contributed by atoms with Gasteiger partial charge in [0, 0.05) is 13.1 Å². The first-order valence-electron chi connectivity index (χ1n) is 7.20. The van der Waals surface area contributed by atoms with Crippen LogP contribution in [0.15, 0.2) is 48.5 Å². The molecule has 0 unspecified atom stereocenters. The topological polar surface area (TPSA) is 21.7 Å². The number of rotatable bonds is 5. The second-order valence-corrected chi connectivity index (χ2v) is 5.34. The van der Waals surface area contributed by atoms with E-state index in [4.69, 9.17) is 9.47 Å². The molecule has 0 fully saturated rings. The Hall–Kier alpha value is -2.33. The smallest absolute Gasteiger partial charge is 0.231 e. The zero-order valence-corrected chi connectivity index (χ0v) is 12.5. The summed E-state index contributed by atoms with van der Waals surface area (Å²) in [6.45, 7) is 1.94. The second-order valence-electron chi connectivity index (χ2n) is 5.34. The lowest BCUT2D eigenvalue weighted by atomic mass is 10.2. The number of hydrogen-bond donors (Lipinski definition) is 0. The van der Waals surface area contributed by atoms with Gasteiger partial charge in [-0.1, -0.05) is 30.4 Å². The Labute approximate surface area is 129 Å². The highest BCUT2D eigenvalue weighted by atomic mass is 19.1. The molecule has 3 rings (SSSR count). The molecule has 1 heterocycles. The van der Waals surface area contributed by atoms with Crippen LogP contribution in [0.5, 0.6) is 11.5 Å². The average Bonchev–Trinajstić information content (AvgIpc) is 2.97. The number of ether oxygens (including phenoxy) is 2. The Kier molecular flexibility index (Phi) is 4.39. The number of fused-ring (bicyclic) bond motifs is 1. The zero-order valence-electron chi connectivity index (χ0n) is 12.5. The van der Waals surface area contributed by atoms with Crippen LogP contribution in [-0.4, -0.2) is 25.3 Å². The second kappa shape index (κ2) is 6.62. The third kappa shape index (κ3) is 3.65. The van der Waals surface area contributed by atoms with Gasteiger partial charge in [0.05, 0.1) is 0 Å². The highest BCUT2D eigenvalue weighted by Gasteiger charge is 2.13. The lowest BCUT2D eigenvalue weighted by Gasteiger charge is -2.14. The van der Waals surface area contributed by atoms with Crippen molar-refractivity contribution in [3.63, 3.8) is 0 Å². The molecule has 0 aromatic heterocycles. The molecule has 4 heteroatoms. The average molecular weight is 299 g/mol. The molecule has 0 radical (unpaired) electrons. The van der Waals surface area contributed by atoms with E-state index in [1.807, 2.05) is 24.3 Å². The maximum Gasteiger partial charge on any atom is 0.231 e. The molecular formula is C18H18FNO2. The fourth-order valence-electron chi connectivity index (χ4n) is 2.36. The quantitative estimate of drug-likeness (QED) is 0.840. The van der Waals surface area contributed by atoms with Gasteiger partial charge in [0.1, 0.15) is 5.82 Å². The molecule has 3 nitrogen and oxygen atoms in total. The lowest BCUT2D eigenvalue weighted by Crippen LogP contribution is -2.17. The minimum atomic E-state index is -0.211. The SMILES string of the molecule is CN(C/C=C/c1ccc(F)cc1)Cc1ccc2c(c1)OCO2. The summed E-state index contributed by atoms with van der Waals surface area (Å²) in [5.74, 6) is 1.41. The van der Waals surface area contributed by atoms with Crippen LogP contribution >= 0.6 is 0 Å². The largest absolute Gasteiger partial charge is 0.454 e. The van der Waals surface area contributed by atoms with Gasteiger partial charge in [-0.15, -0.1) is 0 Å². The van der Waals surface area contributed by atoms with E-state index < -0.39 is 0 Å². The maximum atomic E-state index is 12.8. The van der Waals surface area contributed by atoms with Crippen molar-refractivity contribution in [2.75, 3.05) is 20.4 Å². The van der Waals surface area contributed by atoms with E-state index in [0.717, 1.165) is 30.2 Å². The van der Waals surface area contributed by atoms with Gasteiger partial charge < -0.3 is 9.47 Å². The molecule has 1 aliphatic heterocycles. The van der Waals surface area contributed by atoms with Crippen molar-refractivity contribution in [1.82, 2.24) is 4.90 Å². The van der Waals surface area contributed by atoms with Gasteiger partial charge >= 0.3 is 0 Å². The molecule has 0 bridgehead atoms. The number of hydrogen-bond acceptors (Lipinski definition) is 3. The van der Waals surface area contributed by atoms with Crippen molar-refractivity contribution in [3.8, 4) is 11.5 Å². The predicted molar refractivity (Wildman–Crippen MR) is 84.3 cm³/mol. The molecule has 1 aliphatic rings. The first kappa shape index (κ1) is 14.6. The molecule has 0 N–H and O–H groups in total. The fourth-order valence-corrected chi connectivity index (χ4v) is 2.36. The van der Waals surface area contributed by atoms with Crippen molar-refractivity contribution < 1.29 is 13.9 Å². The van der Waals surface area contributed by atoms with Crippen LogP contribution in [0.1, 0.15) is 11.1 Å². The van der Waals surface area contributed by atoms with Crippen LogP contribution in [0.4, 0.5) is 4.39 Å². The minimum absolute atomic E-state index is 0.211. The Bertz CT molecular complexity index is 667. The molecule has 2 aromatic rings. The van der Waals surface area contributed by atoms with Crippen LogP contribution in [-0.2, 0) is 6.54 Å². The van der Waals surface area contributed by atoms with Gasteiger partial charge in [0.25, 0.3) is 0 Å². The van der Waals surface area contributed by atoms with Crippen molar-refractivity contribution in [1.29, 1.82) is 0 Å².